The van der Waals surface area contributed by atoms with Gasteiger partial charge in [-0.3, -0.25) is 4.79 Å². The molecule has 1 aliphatic heterocycles. The Kier molecular flexibility index (Phi) is 6.77. The number of hydrogen-bond donors (Lipinski definition) is 0. The van der Waals surface area contributed by atoms with E-state index in [1.807, 2.05) is 32.0 Å². The summed E-state index contributed by atoms with van der Waals surface area (Å²) in [6.45, 7) is 4.79. The zero-order valence-corrected chi connectivity index (χ0v) is 18.3. The van der Waals surface area contributed by atoms with E-state index in [1.165, 1.54) is 19.2 Å². The van der Waals surface area contributed by atoms with Crippen molar-refractivity contribution in [2.45, 2.75) is 37.7 Å². The van der Waals surface area contributed by atoms with Gasteiger partial charge in [0, 0.05) is 33.0 Å². The Morgan fingerprint density at radius 3 is 2.40 bits per heavy atom. The second kappa shape index (κ2) is 9.14. The van der Waals surface area contributed by atoms with E-state index in [0.717, 1.165) is 33.3 Å². The summed E-state index contributed by atoms with van der Waals surface area (Å²) in [5.74, 6) is 0.0944. The summed E-state index contributed by atoms with van der Waals surface area (Å²) in [7, 11) is -2.50. The molecule has 1 saturated heterocycles. The number of amides is 1. The van der Waals surface area contributed by atoms with Gasteiger partial charge in [0.1, 0.15) is 17.7 Å². The number of piperidine rings is 1. The van der Waals surface area contributed by atoms with E-state index in [0.29, 0.717) is 25.9 Å². The number of carbonyl (C=O) groups excluding carboxylic acids is 1. The van der Waals surface area contributed by atoms with Crippen molar-refractivity contribution in [1.29, 1.82) is 0 Å². The van der Waals surface area contributed by atoms with Gasteiger partial charge in [0.15, 0.2) is 0 Å². The van der Waals surface area contributed by atoms with Crippen LogP contribution in [0.2, 0.25) is 0 Å². The molecule has 30 heavy (non-hydrogen) atoms. The van der Waals surface area contributed by atoms with Crippen LogP contribution in [-0.4, -0.2) is 56.3 Å². The Morgan fingerprint density at radius 2 is 1.77 bits per heavy atom. The molecule has 8 heteroatoms. The highest BCUT2D eigenvalue weighted by Crippen LogP contribution is 2.24. The van der Waals surface area contributed by atoms with Gasteiger partial charge in [-0.05, 0) is 55.3 Å². The number of likely N-dealkylation sites (N-methyl/N-ethyl adjacent to an activating group) is 1. The molecule has 0 aliphatic carbocycles. The van der Waals surface area contributed by atoms with Crippen molar-refractivity contribution >= 4 is 15.9 Å². The molecule has 0 saturated carbocycles. The average Bonchev–Trinajstić information content (AvgIpc) is 2.71. The normalized spacial score (nSPS) is 15.4. The van der Waals surface area contributed by atoms with Crippen LogP contribution < -0.4 is 4.74 Å². The molecule has 0 atom stereocenters. The van der Waals surface area contributed by atoms with E-state index >= 15 is 0 Å². The molecule has 1 aliphatic rings. The van der Waals surface area contributed by atoms with Crippen LogP contribution in [0.4, 0.5) is 4.39 Å². The van der Waals surface area contributed by atoms with Crippen LogP contribution in [0.25, 0.3) is 0 Å². The van der Waals surface area contributed by atoms with Crippen molar-refractivity contribution in [3.63, 3.8) is 0 Å². The summed E-state index contributed by atoms with van der Waals surface area (Å²) in [6, 6.07) is 10.7. The SMILES string of the molecule is Cc1ccc(C)c(OC2CCN(C(=O)CN(C)S(=O)(=O)c3ccc(F)cc3)CC2)c1. The highest BCUT2D eigenvalue weighted by Gasteiger charge is 2.28. The molecule has 6 nitrogen and oxygen atoms in total. The molecule has 2 aromatic rings. The maximum Gasteiger partial charge on any atom is 0.243 e. The Hall–Kier alpha value is -2.45. The van der Waals surface area contributed by atoms with Crippen LogP contribution >= 0.6 is 0 Å². The molecule has 3 rings (SSSR count). The Bertz CT molecular complexity index is 1000. The molecule has 0 spiro atoms. The van der Waals surface area contributed by atoms with Crippen molar-refractivity contribution in [3.8, 4) is 5.75 Å². The van der Waals surface area contributed by atoms with Gasteiger partial charge in [0.05, 0.1) is 11.4 Å². The third kappa shape index (κ3) is 5.17. The summed E-state index contributed by atoms with van der Waals surface area (Å²) in [4.78, 5) is 14.2. The van der Waals surface area contributed by atoms with Gasteiger partial charge in [0.25, 0.3) is 0 Å². The number of rotatable bonds is 6. The summed E-state index contributed by atoms with van der Waals surface area (Å²) >= 11 is 0. The van der Waals surface area contributed by atoms with E-state index in [2.05, 4.69) is 0 Å². The maximum absolute atomic E-state index is 13.1. The van der Waals surface area contributed by atoms with Crippen LogP contribution in [0.5, 0.6) is 5.75 Å². The molecule has 0 unspecified atom stereocenters. The molecule has 1 fully saturated rings. The number of aryl methyl sites for hydroxylation is 2. The number of sulfonamides is 1. The van der Waals surface area contributed by atoms with E-state index < -0.39 is 15.8 Å². The number of carbonyl (C=O) groups is 1. The van der Waals surface area contributed by atoms with Gasteiger partial charge in [-0.1, -0.05) is 12.1 Å². The van der Waals surface area contributed by atoms with Crippen molar-refractivity contribution in [2.75, 3.05) is 26.7 Å². The lowest BCUT2D eigenvalue weighted by Gasteiger charge is -2.33. The topological polar surface area (TPSA) is 66.9 Å². The van der Waals surface area contributed by atoms with Crippen molar-refractivity contribution in [2.24, 2.45) is 0 Å². The van der Waals surface area contributed by atoms with Gasteiger partial charge in [-0.15, -0.1) is 0 Å². The quantitative estimate of drug-likeness (QED) is 0.701. The smallest absolute Gasteiger partial charge is 0.243 e. The van der Waals surface area contributed by atoms with Gasteiger partial charge >= 0.3 is 0 Å². The van der Waals surface area contributed by atoms with Gasteiger partial charge in [-0.25, -0.2) is 12.8 Å². The molecule has 1 heterocycles. The molecule has 0 aromatic heterocycles. The van der Waals surface area contributed by atoms with Crippen LogP contribution in [0.1, 0.15) is 24.0 Å². The van der Waals surface area contributed by atoms with Crippen molar-refractivity contribution in [3.05, 3.63) is 59.4 Å². The first-order chi connectivity index (χ1) is 14.2. The van der Waals surface area contributed by atoms with Crippen LogP contribution in [0.15, 0.2) is 47.4 Å². The fourth-order valence-corrected chi connectivity index (χ4v) is 4.52. The van der Waals surface area contributed by atoms with E-state index in [1.54, 1.807) is 4.90 Å². The molecule has 0 radical (unpaired) electrons. The van der Waals surface area contributed by atoms with Crippen LogP contribution in [0.3, 0.4) is 0 Å². The molecular formula is C22H27FN2O4S. The minimum atomic E-state index is -3.86. The molecule has 1 amide bonds. The number of ether oxygens (including phenoxy) is 1. The summed E-state index contributed by atoms with van der Waals surface area (Å²) < 4.78 is 45.4. The lowest BCUT2D eigenvalue weighted by atomic mass is 10.1. The van der Waals surface area contributed by atoms with E-state index in [4.69, 9.17) is 4.74 Å². The third-order valence-corrected chi connectivity index (χ3v) is 7.13. The standard InChI is InChI=1S/C22H27FN2O4S/c1-16-4-5-17(2)21(14-16)29-19-10-12-25(13-11-19)22(26)15-24(3)30(27,28)20-8-6-18(23)7-9-20/h4-9,14,19H,10-13,15H2,1-3H3. The number of halogens is 1. The highest BCUT2D eigenvalue weighted by molar-refractivity contribution is 7.89. The summed E-state index contributed by atoms with van der Waals surface area (Å²) in [6.07, 6.45) is 1.40. The van der Waals surface area contributed by atoms with Crippen molar-refractivity contribution in [1.82, 2.24) is 9.21 Å². The van der Waals surface area contributed by atoms with Gasteiger partial charge in [-0.2, -0.15) is 4.31 Å². The molecule has 0 N–H and O–H groups in total. The monoisotopic (exact) mass is 434 g/mol. The van der Waals surface area contributed by atoms with Crippen molar-refractivity contribution < 1.29 is 22.3 Å². The molecular weight excluding hydrogens is 407 g/mol. The largest absolute Gasteiger partial charge is 0.490 e. The first-order valence-corrected chi connectivity index (χ1v) is 11.3. The summed E-state index contributed by atoms with van der Waals surface area (Å²) in [5.41, 5.74) is 2.21. The number of hydrogen-bond acceptors (Lipinski definition) is 4. The Balaban J connectivity index is 1.55. The minimum absolute atomic E-state index is 0.0234. The first kappa shape index (κ1) is 22.2. The molecule has 0 bridgehead atoms. The van der Waals surface area contributed by atoms with E-state index in [-0.39, 0.29) is 23.5 Å². The number of nitrogens with zero attached hydrogens (tertiary/aromatic N) is 2. The van der Waals surface area contributed by atoms with Gasteiger partial charge in [0.2, 0.25) is 15.9 Å². The predicted molar refractivity (Wildman–Crippen MR) is 112 cm³/mol. The summed E-state index contributed by atoms with van der Waals surface area (Å²) in [5, 5.41) is 0. The predicted octanol–water partition coefficient (Wildman–Crippen LogP) is 3.13. The second-order valence-electron chi connectivity index (χ2n) is 7.68. The first-order valence-electron chi connectivity index (χ1n) is 9.90. The number of benzene rings is 2. The second-order valence-corrected chi connectivity index (χ2v) is 9.73. The lowest BCUT2D eigenvalue weighted by Crippen LogP contribution is -2.46. The third-order valence-electron chi connectivity index (χ3n) is 5.31. The molecule has 162 valence electrons. The number of likely N-dealkylation sites (tertiary alicyclic amines) is 1. The molecule has 2 aromatic carbocycles. The van der Waals surface area contributed by atoms with Crippen LogP contribution in [0, 0.1) is 19.7 Å². The zero-order valence-electron chi connectivity index (χ0n) is 17.5. The Labute approximate surface area is 177 Å². The zero-order chi connectivity index (χ0) is 21.9. The fraction of sp³-hybridized carbons (Fsp3) is 0.409. The average molecular weight is 435 g/mol. The Morgan fingerprint density at radius 1 is 1.13 bits per heavy atom. The lowest BCUT2D eigenvalue weighted by molar-refractivity contribution is -0.133. The van der Waals surface area contributed by atoms with E-state index in [9.17, 15) is 17.6 Å². The maximum atomic E-state index is 13.1. The highest BCUT2D eigenvalue weighted by atomic mass is 32.2. The van der Waals surface area contributed by atoms with Crippen LogP contribution in [-0.2, 0) is 14.8 Å². The fourth-order valence-electron chi connectivity index (χ4n) is 3.40. The minimum Gasteiger partial charge on any atom is -0.490 e. The van der Waals surface area contributed by atoms with Gasteiger partial charge < -0.3 is 9.64 Å².